The van der Waals surface area contributed by atoms with E-state index in [1.165, 1.54) is 57.8 Å². The molecule has 0 saturated carbocycles. The average molecular weight is 589 g/mol. The maximum Gasteiger partial charge on any atom is 0.306 e. The van der Waals surface area contributed by atoms with E-state index in [0.29, 0.717) is 12.8 Å². The first kappa shape index (κ1) is 39.9. The molecule has 0 bridgehead atoms. The van der Waals surface area contributed by atoms with Gasteiger partial charge in [0.2, 0.25) is 0 Å². The van der Waals surface area contributed by atoms with Crippen molar-refractivity contribution in [3.05, 3.63) is 48.6 Å². The summed E-state index contributed by atoms with van der Waals surface area (Å²) in [5, 5.41) is 9.49. The number of aliphatic hydroxyl groups excluding tert-OH is 1. The van der Waals surface area contributed by atoms with Gasteiger partial charge < -0.3 is 14.6 Å². The molecule has 1 atom stereocenters. The number of hydrogen-bond donors (Lipinski definition) is 1. The molecule has 0 aliphatic rings. The van der Waals surface area contributed by atoms with Crippen molar-refractivity contribution in [3.63, 3.8) is 0 Å². The fourth-order valence-corrected chi connectivity index (χ4v) is 4.42. The summed E-state index contributed by atoms with van der Waals surface area (Å²) in [5.41, 5.74) is 0. The Morgan fingerprint density at radius 1 is 0.548 bits per heavy atom. The minimum atomic E-state index is -0.783. The molecule has 1 N–H and O–H groups in total. The Morgan fingerprint density at radius 2 is 0.976 bits per heavy atom. The zero-order chi connectivity index (χ0) is 30.8. The van der Waals surface area contributed by atoms with Crippen LogP contribution in [0.15, 0.2) is 48.6 Å². The van der Waals surface area contributed by atoms with Crippen LogP contribution in [-0.4, -0.2) is 36.4 Å². The highest BCUT2D eigenvalue weighted by atomic mass is 16.6. The first-order chi connectivity index (χ1) is 20.6. The highest BCUT2D eigenvalue weighted by molar-refractivity contribution is 5.70. The zero-order valence-corrected chi connectivity index (χ0v) is 27.2. The van der Waals surface area contributed by atoms with Crippen molar-refractivity contribution in [2.75, 3.05) is 13.2 Å². The van der Waals surface area contributed by atoms with Crippen LogP contribution in [0.1, 0.15) is 155 Å². The van der Waals surface area contributed by atoms with Gasteiger partial charge in [0.15, 0.2) is 6.10 Å². The SMILES string of the molecule is CCCCC=CCCCCCCCC(=O)OC(CO)COC(=O)CCCCCCC=CCC=CCC=CCCCCC. The van der Waals surface area contributed by atoms with Crippen molar-refractivity contribution in [3.8, 4) is 0 Å². The van der Waals surface area contributed by atoms with Crippen LogP contribution in [0.5, 0.6) is 0 Å². The first-order valence-electron chi connectivity index (χ1n) is 17.2. The van der Waals surface area contributed by atoms with E-state index in [2.05, 4.69) is 62.5 Å². The third-order valence-electron chi connectivity index (χ3n) is 7.10. The number of unbranched alkanes of at least 4 members (excludes halogenated alkanes) is 14. The molecular formula is C37H64O5. The van der Waals surface area contributed by atoms with Gasteiger partial charge in [-0.15, -0.1) is 0 Å². The molecule has 0 fully saturated rings. The van der Waals surface area contributed by atoms with Crippen LogP contribution >= 0.6 is 0 Å². The lowest BCUT2D eigenvalue weighted by atomic mass is 10.1. The van der Waals surface area contributed by atoms with Crippen molar-refractivity contribution in [1.82, 2.24) is 0 Å². The van der Waals surface area contributed by atoms with Gasteiger partial charge in [0.05, 0.1) is 6.61 Å². The lowest BCUT2D eigenvalue weighted by Gasteiger charge is -2.15. The molecule has 0 spiro atoms. The summed E-state index contributed by atoms with van der Waals surface area (Å²) in [6.07, 6.45) is 40.2. The van der Waals surface area contributed by atoms with E-state index in [-0.39, 0.29) is 25.2 Å². The van der Waals surface area contributed by atoms with Crippen LogP contribution in [0.4, 0.5) is 0 Å². The van der Waals surface area contributed by atoms with Gasteiger partial charge in [-0.3, -0.25) is 9.59 Å². The van der Waals surface area contributed by atoms with Gasteiger partial charge in [0.1, 0.15) is 6.61 Å². The lowest BCUT2D eigenvalue weighted by molar-refractivity contribution is -0.161. The number of carbonyl (C=O) groups is 2. The molecule has 0 rings (SSSR count). The van der Waals surface area contributed by atoms with Crippen molar-refractivity contribution in [1.29, 1.82) is 0 Å². The summed E-state index contributed by atoms with van der Waals surface area (Å²) in [7, 11) is 0. The fraction of sp³-hybridized carbons (Fsp3) is 0.730. The smallest absolute Gasteiger partial charge is 0.306 e. The third kappa shape index (κ3) is 30.8. The van der Waals surface area contributed by atoms with Crippen LogP contribution in [0.3, 0.4) is 0 Å². The number of esters is 2. The number of aliphatic hydroxyl groups is 1. The summed E-state index contributed by atoms with van der Waals surface area (Å²) in [5.74, 6) is -0.633. The number of ether oxygens (including phenoxy) is 2. The topological polar surface area (TPSA) is 72.8 Å². The average Bonchev–Trinajstić information content (AvgIpc) is 2.99. The molecule has 42 heavy (non-hydrogen) atoms. The summed E-state index contributed by atoms with van der Waals surface area (Å²) in [6.45, 7) is 4.02. The minimum absolute atomic E-state index is 0.0820. The lowest BCUT2D eigenvalue weighted by Crippen LogP contribution is -2.28. The standard InChI is InChI=1S/C37H64O5/c1-3-5-7-9-11-13-15-16-17-18-19-20-22-23-25-27-29-31-36(39)41-34-35(33-38)42-37(40)32-30-28-26-24-21-14-12-10-8-6-4-2/h10-13,16-17,19-20,35,38H,3-9,14-15,18,21-34H2,1-2H3. The molecule has 0 amide bonds. The Hall–Kier alpha value is -2.14. The Bertz CT molecular complexity index is 722. The van der Waals surface area contributed by atoms with Crippen molar-refractivity contribution in [2.45, 2.75) is 161 Å². The van der Waals surface area contributed by atoms with Gasteiger partial charge in [-0.05, 0) is 70.6 Å². The monoisotopic (exact) mass is 588 g/mol. The third-order valence-corrected chi connectivity index (χ3v) is 7.10. The molecule has 5 heteroatoms. The van der Waals surface area contributed by atoms with E-state index in [1.54, 1.807) is 0 Å². The van der Waals surface area contributed by atoms with E-state index in [9.17, 15) is 14.7 Å². The molecule has 0 aromatic heterocycles. The van der Waals surface area contributed by atoms with Crippen molar-refractivity contribution >= 4 is 11.9 Å². The van der Waals surface area contributed by atoms with Gasteiger partial charge in [0, 0.05) is 12.8 Å². The molecule has 0 aliphatic heterocycles. The van der Waals surface area contributed by atoms with Crippen LogP contribution in [0, 0.1) is 0 Å². The molecule has 0 saturated heterocycles. The Balaban J connectivity index is 3.65. The van der Waals surface area contributed by atoms with Crippen LogP contribution < -0.4 is 0 Å². The summed E-state index contributed by atoms with van der Waals surface area (Å²) >= 11 is 0. The Morgan fingerprint density at radius 3 is 1.52 bits per heavy atom. The minimum Gasteiger partial charge on any atom is -0.462 e. The van der Waals surface area contributed by atoms with Crippen molar-refractivity contribution < 1.29 is 24.2 Å². The van der Waals surface area contributed by atoms with Gasteiger partial charge in [0.25, 0.3) is 0 Å². The maximum atomic E-state index is 12.1. The van der Waals surface area contributed by atoms with Gasteiger partial charge in [-0.2, -0.15) is 0 Å². The predicted molar refractivity (Wildman–Crippen MR) is 177 cm³/mol. The molecule has 0 radical (unpaired) electrons. The van der Waals surface area contributed by atoms with Gasteiger partial charge in [-0.1, -0.05) is 120 Å². The summed E-state index contributed by atoms with van der Waals surface area (Å²) in [6, 6.07) is 0. The molecule has 5 nitrogen and oxygen atoms in total. The van der Waals surface area contributed by atoms with Crippen molar-refractivity contribution in [2.24, 2.45) is 0 Å². The second kappa shape index (κ2) is 33.4. The van der Waals surface area contributed by atoms with E-state index >= 15 is 0 Å². The number of hydrogen-bond acceptors (Lipinski definition) is 5. The van der Waals surface area contributed by atoms with E-state index in [0.717, 1.165) is 70.6 Å². The Labute approximate surface area is 258 Å². The molecule has 1 unspecified atom stereocenters. The molecule has 0 aromatic rings. The van der Waals surface area contributed by atoms with Crippen LogP contribution in [0.25, 0.3) is 0 Å². The second-order valence-corrected chi connectivity index (χ2v) is 11.2. The quantitative estimate of drug-likeness (QED) is 0.0513. The van der Waals surface area contributed by atoms with Crippen LogP contribution in [-0.2, 0) is 19.1 Å². The molecule has 242 valence electrons. The molecule has 0 aromatic carbocycles. The first-order valence-corrected chi connectivity index (χ1v) is 17.2. The highest BCUT2D eigenvalue weighted by Crippen LogP contribution is 2.11. The number of rotatable bonds is 30. The molecule has 0 aliphatic carbocycles. The number of allylic oxidation sites excluding steroid dienone is 8. The largest absolute Gasteiger partial charge is 0.462 e. The molecule has 0 heterocycles. The highest BCUT2D eigenvalue weighted by Gasteiger charge is 2.16. The predicted octanol–water partition coefficient (Wildman–Crippen LogP) is 10.3. The van der Waals surface area contributed by atoms with E-state index < -0.39 is 6.10 Å². The zero-order valence-electron chi connectivity index (χ0n) is 27.2. The van der Waals surface area contributed by atoms with E-state index in [4.69, 9.17) is 9.47 Å². The number of carbonyl (C=O) groups excluding carboxylic acids is 2. The maximum absolute atomic E-state index is 12.1. The summed E-state index contributed by atoms with van der Waals surface area (Å²) in [4.78, 5) is 24.1. The van der Waals surface area contributed by atoms with E-state index in [1.807, 2.05) is 0 Å². The second-order valence-electron chi connectivity index (χ2n) is 11.2. The van der Waals surface area contributed by atoms with Gasteiger partial charge >= 0.3 is 11.9 Å². The Kier molecular flexibility index (Phi) is 31.7. The summed E-state index contributed by atoms with van der Waals surface area (Å²) < 4.78 is 10.5. The fourth-order valence-electron chi connectivity index (χ4n) is 4.42. The molecular weight excluding hydrogens is 524 g/mol. The van der Waals surface area contributed by atoms with Crippen LogP contribution in [0.2, 0.25) is 0 Å². The van der Waals surface area contributed by atoms with Gasteiger partial charge in [-0.25, -0.2) is 0 Å². The normalized spacial score (nSPS) is 12.7.